The highest BCUT2D eigenvalue weighted by Gasteiger charge is 2.12. The third-order valence-electron chi connectivity index (χ3n) is 3.15. The number of hydrogen-bond acceptors (Lipinski definition) is 2. The Kier molecular flexibility index (Phi) is 5.68. The van der Waals surface area contributed by atoms with Gasteiger partial charge in [-0.25, -0.2) is 4.39 Å². The first kappa shape index (κ1) is 15.1. The Bertz CT molecular complexity index is 545. The molecule has 2 aromatic rings. The summed E-state index contributed by atoms with van der Waals surface area (Å²) < 4.78 is 13.8. The molecule has 0 aliphatic rings. The van der Waals surface area contributed by atoms with E-state index in [1.54, 1.807) is 6.20 Å². The van der Waals surface area contributed by atoms with E-state index in [-0.39, 0.29) is 11.9 Å². The second-order valence-corrected chi connectivity index (χ2v) is 5.60. The van der Waals surface area contributed by atoms with Crippen molar-refractivity contribution in [3.05, 3.63) is 64.1 Å². The summed E-state index contributed by atoms with van der Waals surface area (Å²) in [4.78, 5) is 4.18. The van der Waals surface area contributed by atoms with Crippen LogP contribution in [0.2, 0.25) is 0 Å². The number of nitrogens with zero attached hydrogens (tertiary/aromatic N) is 1. The second-order valence-electron chi connectivity index (χ2n) is 4.75. The molecular weight excluding hydrogens is 319 g/mol. The van der Waals surface area contributed by atoms with Crippen molar-refractivity contribution in [2.75, 3.05) is 6.54 Å². The van der Waals surface area contributed by atoms with Crippen molar-refractivity contribution in [3.63, 3.8) is 0 Å². The average molecular weight is 337 g/mol. The van der Waals surface area contributed by atoms with E-state index in [0.29, 0.717) is 4.47 Å². The van der Waals surface area contributed by atoms with E-state index in [1.165, 1.54) is 6.07 Å². The van der Waals surface area contributed by atoms with Gasteiger partial charge in [-0.2, -0.15) is 0 Å². The van der Waals surface area contributed by atoms with Crippen LogP contribution in [0.5, 0.6) is 0 Å². The number of rotatable bonds is 6. The molecule has 20 heavy (non-hydrogen) atoms. The van der Waals surface area contributed by atoms with Gasteiger partial charge in [-0.3, -0.25) is 4.98 Å². The fourth-order valence-electron chi connectivity index (χ4n) is 2.11. The predicted octanol–water partition coefficient (Wildman–Crippen LogP) is 4.27. The number of nitrogens with one attached hydrogen (secondary N) is 1. The summed E-state index contributed by atoms with van der Waals surface area (Å²) in [5.74, 6) is -0.229. The molecule has 0 spiro atoms. The summed E-state index contributed by atoms with van der Waals surface area (Å²) in [6.07, 6.45) is 5.54. The summed E-state index contributed by atoms with van der Waals surface area (Å²) in [5.41, 5.74) is 2.25. The predicted molar refractivity (Wildman–Crippen MR) is 83.1 cm³/mol. The number of halogens is 2. The van der Waals surface area contributed by atoms with Crippen LogP contribution < -0.4 is 5.32 Å². The summed E-state index contributed by atoms with van der Waals surface area (Å²) >= 11 is 3.24. The number of benzene rings is 1. The van der Waals surface area contributed by atoms with Gasteiger partial charge in [0.1, 0.15) is 5.82 Å². The van der Waals surface area contributed by atoms with Crippen molar-refractivity contribution < 1.29 is 4.39 Å². The fraction of sp³-hybridized carbons (Fsp3) is 0.312. The van der Waals surface area contributed by atoms with Gasteiger partial charge in [0.15, 0.2) is 0 Å². The first-order chi connectivity index (χ1) is 9.70. The zero-order valence-corrected chi connectivity index (χ0v) is 13.0. The third-order valence-corrected chi connectivity index (χ3v) is 3.76. The van der Waals surface area contributed by atoms with Crippen molar-refractivity contribution >= 4 is 15.9 Å². The second kappa shape index (κ2) is 7.50. The Hall–Kier alpha value is -1.26. The molecule has 106 valence electrons. The zero-order valence-electron chi connectivity index (χ0n) is 11.4. The standard InChI is InChI=1S/C16H18BrFN2/c1-2-7-20-16(13-4-3-8-19-11-13)10-12-5-6-15(18)14(17)9-12/h3-6,8-9,11,16,20H,2,7,10H2,1H3. The molecule has 2 nitrogen and oxygen atoms in total. The normalized spacial score (nSPS) is 12.3. The summed E-state index contributed by atoms with van der Waals surface area (Å²) in [7, 11) is 0. The maximum Gasteiger partial charge on any atom is 0.137 e. The molecule has 0 saturated carbocycles. The zero-order chi connectivity index (χ0) is 14.4. The van der Waals surface area contributed by atoms with E-state index in [0.717, 1.165) is 30.5 Å². The van der Waals surface area contributed by atoms with Crippen molar-refractivity contribution in [3.8, 4) is 0 Å². The summed E-state index contributed by atoms with van der Waals surface area (Å²) in [5, 5.41) is 3.52. The Morgan fingerprint density at radius 1 is 1.35 bits per heavy atom. The Morgan fingerprint density at radius 3 is 2.85 bits per heavy atom. The molecule has 0 saturated heterocycles. The maximum atomic E-state index is 13.3. The van der Waals surface area contributed by atoms with E-state index in [9.17, 15) is 4.39 Å². The van der Waals surface area contributed by atoms with Gasteiger partial charge in [0.25, 0.3) is 0 Å². The van der Waals surface area contributed by atoms with Gasteiger partial charge >= 0.3 is 0 Å². The number of pyridine rings is 1. The van der Waals surface area contributed by atoms with Gasteiger partial charge in [0.05, 0.1) is 4.47 Å². The molecule has 2 rings (SSSR count). The largest absolute Gasteiger partial charge is 0.310 e. The summed E-state index contributed by atoms with van der Waals surface area (Å²) in [6.45, 7) is 3.09. The lowest BCUT2D eigenvalue weighted by molar-refractivity contribution is 0.527. The molecule has 0 aliphatic carbocycles. The highest BCUT2D eigenvalue weighted by molar-refractivity contribution is 9.10. The van der Waals surface area contributed by atoms with Crippen LogP contribution in [0.25, 0.3) is 0 Å². The van der Waals surface area contributed by atoms with Crippen LogP contribution in [0.4, 0.5) is 4.39 Å². The topological polar surface area (TPSA) is 24.9 Å². The molecule has 1 atom stereocenters. The van der Waals surface area contributed by atoms with Gasteiger partial charge in [0.2, 0.25) is 0 Å². The van der Waals surface area contributed by atoms with E-state index in [1.807, 2.05) is 24.4 Å². The molecule has 0 bridgehead atoms. The van der Waals surface area contributed by atoms with Gasteiger partial charge < -0.3 is 5.32 Å². The lowest BCUT2D eigenvalue weighted by Crippen LogP contribution is -2.24. The van der Waals surface area contributed by atoms with E-state index < -0.39 is 0 Å². The quantitative estimate of drug-likeness (QED) is 0.852. The molecule has 1 heterocycles. The Balaban J connectivity index is 2.17. The van der Waals surface area contributed by atoms with E-state index >= 15 is 0 Å². The van der Waals surface area contributed by atoms with Crippen LogP contribution in [0.1, 0.15) is 30.5 Å². The first-order valence-corrected chi connectivity index (χ1v) is 7.57. The van der Waals surface area contributed by atoms with Crippen molar-refractivity contribution in [1.82, 2.24) is 10.3 Å². The van der Waals surface area contributed by atoms with Crippen molar-refractivity contribution in [2.24, 2.45) is 0 Å². The molecular formula is C16H18BrFN2. The Labute approximate surface area is 127 Å². The smallest absolute Gasteiger partial charge is 0.137 e. The highest BCUT2D eigenvalue weighted by atomic mass is 79.9. The first-order valence-electron chi connectivity index (χ1n) is 6.78. The summed E-state index contributed by atoms with van der Waals surface area (Å²) in [6, 6.07) is 9.37. The average Bonchev–Trinajstić information content (AvgIpc) is 2.48. The highest BCUT2D eigenvalue weighted by Crippen LogP contribution is 2.22. The lowest BCUT2D eigenvalue weighted by atomic mass is 10.00. The molecule has 4 heteroatoms. The molecule has 1 N–H and O–H groups in total. The minimum absolute atomic E-state index is 0.195. The van der Waals surface area contributed by atoms with Crippen LogP contribution in [0, 0.1) is 5.82 Å². The Morgan fingerprint density at radius 2 is 2.20 bits per heavy atom. The van der Waals surface area contributed by atoms with Gasteiger partial charge in [-0.1, -0.05) is 19.1 Å². The molecule has 0 amide bonds. The van der Waals surface area contributed by atoms with Crippen LogP contribution in [0.15, 0.2) is 47.2 Å². The van der Waals surface area contributed by atoms with Crippen molar-refractivity contribution in [1.29, 1.82) is 0 Å². The molecule has 0 radical (unpaired) electrons. The number of aromatic nitrogens is 1. The van der Waals surface area contributed by atoms with Crippen LogP contribution in [-0.2, 0) is 6.42 Å². The molecule has 0 aliphatic heterocycles. The van der Waals surface area contributed by atoms with Crippen LogP contribution in [-0.4, -0.2) is 11.5 Å². The fourth-order valence-corrected chi connectivity index (χ4v) is 2.54. The number of hydrogen-bond donors (Lipinski definition) is 1. The van der Waals surface area contributed by atoms with Gasteiger partial charge in [0, 0.05) is 18.4 Å². The van der Waals surface area contributed by atoms with E-state index in [2.05, 4.69) is 39.2 Å². The minimum atomic E-state index is -0.229. The SMILES string of the molecule is CCCNC(Cc1ccc(F)c(Br)c1)c1cccnc1. The van der Waals surface area contributed by atoms with E-state index in [4.69, 9.17) is 0 Å². The van der Waals surface area contributed by atoms with Crippen molar-refractivity contribution in [2.45, 2.75) is 25.8 Å². The maximum absolute atomic E-state index is 13.3. The lowest BCUT2D eigenvalue weighted by Gasteiger charge is -2.19. The van der Waals surface area contributed by atoms with Crippen LogP contribution in [0.3, 0.4) is 0 Å². The van der Waals surface area contributed by atoms with Gasteiger partial charge in [-0.15, -0.1) is 0 Å². The van der Waals surface area contributed by atoms with Gasteiger partial charge in [-0.05, 0) is 64.6 Å². The monoisotopic (exact) mass is 336 g/mol. The minimum Gasteiger partial charge on any atom is -0.310 e. The molecule has 1 aromatic carbocycles. The molecule has 0 fully saturated rings. The molecule has 1 aromatic heterocycles. The molecule has 1 unspecified atom stereocenters. The van der Waals surface area contributed by atoms with Crippen LogP contribution >= 0.6 is 15.9 Å². The third kappa shape index (κ3) is 4.12.